The molecule has 0 amide bonds. The van der Waals surface area contributed by atoms with Gasteiger partial charge in [0.25, 0.3) is 0 Å². The molecule has 14 heavy (non-hydrogen) atoms. The summed E-state index contributed by atoms with van der Waals surface area (Å²) in [4.78, 5) is 0. The SMILES string of the molecule is CC(C)N(POCCC#N)C(C)C.[V]. The van der Waals surface area contributed by atoms with Crippen molar-refractivity contribution in [3.8, 4) is 6.07 Å². The van der Waals surface area contributed by atoms with E-state index < -0.39 is 0 Å². The Morgan fingerprint density at radius 2 is 1.79 bits per heavy atom. The van der Waals surface area contributed by atoms with Crippen LogP contribution in [0.15, 0.2) is 0 Å². The first-order valence-electron chi connectivity index (χ1n) is 4.62. The van der Waals surface area contributed by atoms with Crippen LogP contribution in [0.1, 0.15) is 34.1 Å². The van der Waals surface area contributed by atoms with Crippen molar-refractivity contribution >= 4 is 8.96 Å². The standard InChI is InChI=1S/C9H19N2OP.V/c1-8(2)11(9(3)4)13-12-7-5-6-10;/h8-9,13H,5,7H2,1-4H3;. The van der Waals surface area contributed by atoms with Gasteiger partial charge in [-0.2, -0.15) is 5.26 Å². The molecule has 0 aromatic carbocycles. The second kappa shape index (κ2) is 9.96. The van der Waals surface area contributed by atoms with E-state index in [1.807, 2.05) is 0 Å². The first-order valence-corrected chi connectivity index (χ1v) is 5.47. The Labute approximate surface area is 101 Å². The molecule has 0 rings (SSSR count). The largest absolute Gasteiger partial charge is 0.345 e. The maximum atomic E-state index is 8.31. The number of nitrogens with zero attached hydrogens (tertiary/aromatic N) is 2. The number of hydrogen-bond acceptors (Lipinski definition) is 3. The number of hydrogen-bond donors (Lipinski definition) is 0. The van der Waals surface area contributed by atoms with E-state index in [4.69, 9.17) is 9.79 Å². The van der Waals surface area contributed by atoms with Crippen LogP contribution in [0.2, 0.25) is 0 Å². The van der Waals surface area contributed by atoms with Gasteiger partial charge in [-0.3, -0.25) is 4.67 Å². The van der Waals surface area contributed by atoms with Gasteiger partial charge in [0, 0.05) is 30.6 Å². The Balaban J connectivity index is 0. The molecule has 0 spiro atoms. The van der Waals surface area contributed by atoms with E-state index in [9.17, 15) is 0 Å². The van der Waals surface area contributed by atoms with Crippen LogP contribution in [0.4, 0.5) is 0 Å². The topological polar surface area (TPSA) is 36.3 Å². The van der Waals surface area contributed by atoms with Crippen molar-refractivity contribution in [1.82, 2.24) is 4.67 Å². The van der Waals surface area contributed by atoms with Gasteiger partial charge in [0.1, 0.15) is 0 Å². The summed E-state index contributed by atoms with van der Waals surface area (Å²) in [5.74, 6) is 0. The summed E-state index contributed by atoms with van der Waals surface area (Å²) in [6.45, 7) is 9.16. The molecular weight excluding hydrogens is 234 g/mol. The van der Waals surface area contributed by atoms with Gasteiger partial charge in [0.2, 0.25) is 0 Å². The van der Waals surface area contributed by atoms with Crippen LogP contribution >= 0.6 is 8.96 Å². The zero-order chi connectivity index (χ0) is 10.3. The fourth-order valence-corrected chi connectivity index (χ4v) is 1.79. The molecule has 0 aromatic rings. The van der Waals surface area contributed by atoms with Crippen LogP contribution in [0.3, 0.4) is 0 Å². The third kappa shape index (κ3) is 7.79. The van der Waals surface area contributed by atoms with Crippen LogP contribution in [0, 0.1) is 11.3 Å². The maximum Gasteiger partial charge on any atom is 0.0894 e. The van der Waals surface area contributed by atoms with Crippen LogP contribution in [0.5, 0.6) is 0 Å². The average Bonchev–Trinajstić information content (AvgIpc) is 2.02. The zero-order valence-electron chi connectivity index (χ0n) is 9.32. The molecule has 0 saturated carbocycles. The van der Waals surface area contributed by atoms with Crippen LogP contribution < -0.4 is 0 Å². The molecule has 0 N–H and O–H groups in total. The fourth-order valence-electron chi connectivity index (χ4n) is 1.02. The Morgan fingerprint density at radius 3 is 2.14 bits per heavy atom. The van der Waals surface area contributed by atoms with Gasteiger partial charge in [-0.1, -0.05) is 0 Å². The smallest absolute Gasteiger partial charge is 0.0894 e. The van der Waals surface area contributed by atoms with E-state index in [0.717, 1.165) is 0 Å². The molecule has 0 fully saturated rings. The Morgan fingerprint density at radius 1 is 1.29 bits per heavy atom. The quantitative estimate of drug-likeness (QED) is 0.539. The third-order valence-electron chi connectivity index (χ3n) is 1.60. The summed E-state index contributed by atoms with van der Waals surface area (Å²) < 4.78 is 7.67. The predicted molar refractivity (Wildman–Crippen MR) is 56.6 cm³/mol. The van der Waals surface area contributed by atoms with Gasteiger partial charge < -0.3 is 4.52 Å². The maximum absolute atomic E-state index is 8.31. The van der Waals surface area contributed by atoms with Crippen LogP contribution in [0.25, 0.3) is 0 Å². The molecule has 1 atom stereocenters. The molecule has 1 radical (unpaired) electrons. The molecule has 0 bridgehead atoms. The van der Waals surface area contributed by atoms with Crippen molar-refractivity contribution in [2.45, 2.75) is 46.2 Å². The molecule has 3 nitrogen and oxygen atoms in total. The van der Waals surface area contributed by atoms with Gasteiger partial charge in [-0.25, -0.2) is 0 Å². The molecule has 0 saturated heterocycles. The van der Waals surface area contributed by atoms with Crippen molar-refractivity contribution in [3.05, 3.63) is 0 Å². The summed E-state index contributed by atoms with van der Waals surface area (Å²) >= 11 is 0. The summed E-state index contributed by atoms with van der Waals surface area (Å²) in [5, 5.41) is 8.31. The van der Waals surface area contributed by atoms with E-state index in [-0.39, 0.29) is 18.6 Å². The summed E-state index contributed by atoms with van der Waals surface area (Å²) in [6, 6.07) is 3.06. The van der Waals surface area contributed by atoms with Crippen molar-refractivity contribution < 1.29 is 23.1 Å². The zero-order valence-corrected chi connectivity index (χ0v) is 11.7. The summed E-state index contributed by atoms with van der Waals surface area (Å²) in [6.07, 6.45) is 0.483. The molecule has 0 aliphatic carbocycles. The van der Waals surface area contributed by atoms with Crippen molar-refractivity contribution in [2.75, 3.05) is 6.61 Å². The van der Waals surface area contributed by atoms with Gasteiger partial charge in [-0.15, -0.1) is 0 Å². The Hall–Kier alpha value is 0.424. The van der Waals surface area contributed by atoms with E-state index in [0.29, 0.717) is 34.1 Å². The van der Waals surface area contributed by atoms with Gasteiger partial charge >= 0.3 is 0 Å². The first kappa shape index (κ1) is 16.8. The molecule has 1 unspecified atom stereocenters. The second-order valence-electron chi connectivity index (χ2n) is 3.44. The van der Waals surface area contributed by atoms with E-state index >= 15 is 0 Å². The number of nitriles is 1. The Kier molecular flexibility index (Phi) is 12.0. The minimum absolute atomic E-state index is 0. The number of rotatable bonds is 6. The van der Waals surface area contributed by atoms with E-state index in [2.05, 4.69) is 38.4 Å². The second-order valence-corrected chi connectivity index (χ2v) is 4.43. The molecule has 0 heterocycles. The summed E-state index contributed by atoms with van der Waals surface area (Å²) in [7, 11) is 0.376. The van der Waals surface area contributed by atoms with E-state index in [1.54, 1.807) is 0 Å². The molecule has 0 aromatic heterocycles. The average molecular weight is 253 g/mol. The van der Waals surface area contributed by atoms with Crippen molar-refractivity contribution in [1.29, 1.82) is 5.26 Å². The van der Waals surface area contributed by atoms with Crippen molar-refractivity contribution in [3.63, 3.8) is 0 Å². The van der Waals surface area contributed by atoms with Crippen molar-refractivity contribution in [2.24, 2.45) is 0 Å². The summed E-state index contributed by atoms with van der Waals surface area (Å²) in [5.41, 5.74) is 0. The molecule has 5 heteroatoms. The minimum Gasteiger partial charge on any atom is -0.345 e. The van der Waals surface area contributed by atoms with Gasteiger partial charge in [0.05, 0.1) is 28.1 Å². The normalized spacial score (nSPS) is 11.3. The van der Waals surface area contributed by atoms with Gasteiger partial charge in [0.15, 0.2) is 0 Å². The molecule has 0 aliphatic rings. The van der Waals surface area contributed by atoms with Crippen LogP contribution in [-0.2, 0) is 23.1 Å². The van der Waals surface area contributed by atoms with E-state index in [1.165, 1.54) is 0 Å². The molecular formula is C9H19N2OPV. The molecule has 81 valence electrons. The van der Waals surface area contributed by atoms with Gasteiger partial charge in [-0.05, 0) is 27.7 Å². The minimum atomic E-state index is 0. The monoisotopic (exact) mass is 253 g/mol. The fraction of sp³-hybridized carbons (Fsp3) is 0.889. The predicted octanol–water partition coefficient (Wildman–Crippen LogP) is 2.54. The Bertz CT molecular complexity index is 163. The first-order chi connectivity index (χ1) is 6.09. The molecule has 0 aliphatic heterocycles. The third-order valence-corrected chi connectivity index (χ3v) is 3.18. The van der Waals surface area contributed by atoms with Crippen LogP contribution in [-0.4, -0.2) is 23.4 Å².